The number of nitrogens with zero attached hydrogens (tertiary/aromatic N) is 2. The van der Waals surface area contributed by atoms with E-state index in [1.54, 1.807) is 13.8 Å². The zero-order valence-corrected chi connectivity index (χ0v) is 6.94. The largest absolute Gasteiger partial charge is 0.480 e. The first kappa shape index (κ1) is 8.70. The van der Waals surface area contributed by atoms with Gasteiger partial charge in [-0.05, 0) is 13.3 Å². The average molecular weight is 170 g/mol. The SMILES string of the molecule is CCC(C)(C(=O)O)c1ncno1. The standard InChI is InChI=1S/C7H10N2O3/c1-3-7(2,6(10)11)5-8-4-9-12-5/h4H,3H2,1-2H3,(H,10,11). The molecule has 0 radical (unpaired) electrons. The Hall–Kier alpha value is -1.39. The van der Waals surface area contributed by atoms with E-state index >= 15 is 0 Å². The lowest BCUT2D eigenvalue weighted by atomic mass is 9.88. The maximum Gasteiger partial charge on any atom is 0.318 e. The molecule has 0 aliphatic carbocycles. The molecule has 0 saturated heterocycles. The number of rotatable bonds is 3. The zero-order chi connectivity index (χ0) is 9.19. The Kier molecular flexibility index (Phi) is 2.12. The summed E-state index contributed by atoms with van der Waals surface area (Å²) < 4.78 is 4.71. The molecule has 1 aromatic rings. The van der Waals surface area contributed by atoms with Gasteiger partial charge >= 0.3 is 5.97 Å². The van der Waals surface area contributed by atoms with Gasteiger partial charge in [-0.2, -0.15) is 4.98 Å². The monoisotopic (exact) mass is 170 g/mol. The van der Waals surface area contributed by atoms with Crippen molar-refractivity contribution in [2.45, 2.75) is 25.7 Å². The molecule has 1 aromatic heterocycles. The highest BCUT2D eigenvalue weighted by Crippen LogP contribution is 2.25. The number of hydrogen-bond acceptors (Lipinski definition) is 4. The maximum absolute atomic E-state index is 10.8. The molecule has 5 heteroatoms. The third-order valence-corrected chi connectivity index (χ3v) is 2.01. The Bertz CT molecular complexity index is 270. The van der Waals surface area contributed by atoms with Crippen LogP contribution in [-0.4, -0.2) is 21.2 Å². The van der Waals surface area contributed by atoms with E-state index in [1.165, 1.54) is 6.33 Å². The minimum Gasteiger partial charge on any atom is -0.480 e. The van der Waals surface area contributed by atoms with Gasteiger partial charge in [0.2, 0.25) is 5.89 Å². The Morgan fingerprint density at radius 1 is 1.83 bits per heavy atom. The summed E-state index contributed by atoms with van der Waals surface area (Å²) >= 11 is 0. The van der Waals surface area contributed by atoms with Crippen LogP contribution in [0.1, 0.15) is 26.2 Å². The van der Waals surface area contributed by atoms with E-state index in [4.69, 9.17) is 9.63 Å². The Labute approximate surface area is 69.4 Å². The van der Waals surface area contributed by atoms with Gasteiger partial charge in [0.1, 0.15) is 5.41 Å². The first-order valence-corrected chi connectivity index (χ1v) is 3.62. The van der Waals surface area contributed by atoms with E-state index in [-0.39, 0.29) is 5.89 Å². The summed E-state index contributed by atoms with van der Waals surface area (Å²) in [4.78, 5) is 14.5. The quantitative estimate of drug-likeness (QED) is 0.726. The van der Waals surface area contributed by atoms with Crippen LogP contribution in [-0.2, 0) is 10.2 Å². The van der Waals surface area contributed by atoms with Crippen LogP contribution < -0.4 is 0 Å². The minimum absolute atomic E-state index is 0.150. The topological polar surface area (TPSA) is 76.2 Å². The van der Waals surface area contributed by atoms with Crippen molar-refractivity contribution in [2.75, 3.05) is 0 Å². The maximum atomic E-state index is 10.8. The summed E-state index contributed by atoms with van der Waals surface area (Å²) in [5.41, 5.74) is -1.06. The molecule has 0 fully saturated rings. The number of carboxylic acids is 1. The molecule has 5 nitrogen and oxygen atoms in total. The molecule has 0 aromatic carbocycles. The van der Waals surface area contributed by atoms with Gasteiger partial charge in [0.05, 0.1) is 0 Å². The number of aliphatic carboxylic acids is 1. The molecule has 0 saturated carbocycles. The molecule has 0 aliphatic heterocycles. The first-order chi connectivity index (χ1) is 5.61. The van der Waals surface area contributed by atoms with Crippen molar-refractivity contribution in [3.8, 4) is 0 Å². The summed E-state index contributed by atoms with van der Waals surface area (Å²) in [7, 11) is 0. The van der Waals surface area contributed by atoms with E-state index in [1.807, 2.05) is 0 Å². The molecule has 0 bridgehead atoms. The van der Waals surface area contributed by atoms with Crippen molar-refractivity contribution in [3.05, 3.63) is 12.2 Å². The van der Waals surface area contributed by atoms with E-state index < -0.39 is 11.4 Å². The van der Waals surface area contributed by atoms with Crippen molar-refractivity contribution in [1.82, 2.24) is 10.1 Å². The fourth-order valence-corrected chi connectivity index (χ4v) is 0.810. The molecule has 0 amide bonds. The molecule has 66 valence electrons. The summed E-state index contributed by atoms with van der Waals surface area (Å²) in [5.74, 6) is -0.799. The van der Waals surface area contributed by atoms with Gasteiger partial charge in [-0.15, -0.1) is 0 Å². The molecule has 12 heavy (non-hydrogen) atoms. The van der Waals surface area contributed by atoms with Crippen LogP contribution in [0.4, 0.5) is 0 Å². The van der Waals surface area contributed by atoms with Crippen molar-refractivity contribution < 1.29 is 14.4 Å². The molecule has 0 spiro atoms. The summed E-state index contributed by atoms with van der Waals surface area (Å²) in [6, 6.07) is 0. The average Bonchev–Trinajstić information content (AvgIpc) is 2.54. The second-order valence-electron chi connectivity index (χ2n) is 2.74. The van der Waals surface area contributed by atoms with Gasteiger partial charge in [-0.1, -0.05) is 12.1 Å². The van der Waals surface area contributed by atoms with Gasteiger partial charge in [0, 0.05) is 0 Å². The number of carboxylic acid groups (broad SMARTS) is 1. The lowest BCUT2D eigenvalue weighted by Gasteiger charge is -2.16. The predicted molar refractivity (Wildman–Crippen MR) is 39.6 cm³/mol. The van der Waals surface area contributed by atoms with Crippen LogP contribution in [0.5, 0.6) is 0 Å². The van der Waals surface area contributed by atoms with Gasteiger partial charge in [-0.25, -0.2) is 0 Å². The molecule has 0 aliphatic rings. The van der Waals surface area contributed by atoms with Crippen LogP contribution in [0.15, 0.2) is 10.9 Å². The Balaban J connectivity index is 3.04. The molecular weight excluding hydrogens is 160 g/mol. The highest BCUT2D eigenvalue weighted by Gasteiger charge is 2.38. The van der Waals surface area contributed by atoms with E-state index in [2.05, 4.69) is 10.1 Å². The van der Waals surface area contributed by atoms with Gasteiger partial charge in [0.15, 0.2) is 6.33 Å². The second kappa shape index (κ2) is 2.92. The molecule has 1 unspecified atom stereocenters. The zero-order valence-electron chi connectivity index (χ0n) is 6.94. The lowest BCUT2D eigenvalue weighted by molar-refractivity contribution is -0.144. The van der Waals surface area contributed by atoms with Crippen LogP contribution >= 0.6 is 0 Å². The number of hydrogen-bond donors (Lipinski definition) is 1. The fourth-order valence-electron chi connectivity index (χ4n) is 0.810. The highest BCUT2D eigenvalue weighted by molar-refractivity contribution is 5.79. The van der Waals surface area contributed by atoms with Crippen molar-refractivity contribution >= 4 is 5.97 Å². The van der Waals surface area contributed by atoms with Crippen LogP contribution in [0, 0.1) is 0 Å². The second-order valence-corrected chi connectivity index (χ2v) is 2.74. The molecule has 1 N–H and O–H groups in total. The summed E-state index contributed by atoms with van der Waals surface area (Å²) in [6.45, 7) is 3.32. The van der Waals surface area contributed by atoms with Crippen LogP contribution in [0.2, 0.25) is 0 Å². The third kappa shape index (κ3) is 1.17. The molecule has 1 rings (SSSR count). The van der Waals surface area contributed by atoms with E-state index in [0.29, 0.717) is 6.42 Å². The van der Waals surface area contributed by atoms with Crippen molar-refractivity contribution in [3.63, 3.8) is 0 Å². The van der Waals surface area contributed by atoms with Gasteiger partial charge in [0.25, 0.3) is 0 Å². The molecule has 1 atom stereocenters. The number of aromatic nitrogens is 2. The molecular formula is C7H10N2O3. The Morgan fingerprint density at radius 3 is 2.83 bits per heavy atom. The molecule has 1 heterocycles. The third-order valence-electron chi connectivity index (χ3n) is 2.01. The highest BCUT2D eigenvalue weighted by atomic mass is 16.5. The minimum atomic E-state index is -1.06. The summed E-state index contributed by atoms with van der Waals surface area (Å²) in [5, 5.41) is 12.2. The first-order valence-electron chi connectivity index (χ1n) is 3.62. The Morgan fingerprint density at radius 2 is 2.50 bits per heavy atom. The predicted octanol–water partition coefficient (Wildman–Crippen LogP) is 0.822. The summed E-state index contributed by atoms with van der Waals surface area (Å²) in [6.07, 6.45) is 1.62. The van der Waals surface area contributed by atoms with E-state index in [9.17, 15) is 4.79 Å². The van der Waals surface area contributed by atoms with Crippen LogP contribution in [0.3, 0.4) is 0 Å². The van der Waals surface area contributed by atoms with Crippen LogP contribution in [0.25, 0.3) is 0 Å². The van der Waals surface area contributed by atoms with Gasteiger partial charge in [-0.3, -0.25) is 4.79 Å². The fraction of sp³-hybridized carbons (Fsp3) is 0.571. The number of carbonyl (C=O) groups is 1. The normalized spacial score (nSPS) is 15.5. The smallest absolute Gasteiger partial charge is 0.318 e. The lowest BCUT2D eigenvalue weighted by Crippen LogP contribution is -2.31. The van der Waals surface area contributed by atoms with E-state index in [0.717, 1.165) is 0 Å². The van der Waals surface area contributed by atoms with Gasteiger partial charge < -0.3 is 9.63 Å². The van der Waals surface area contributed by atoms with Crippen molar-refractivity contribution in [2.24, 2.45) is 0 Å². The van der Waals surface area contributed by atoms with Crippen molar-refractivity contribution in [1.29, 1.82) is 0 Å².